The van der Waals surface area contributed by atoms with Gasteiger partial charge in [-0.15, -0.1) is 0 Å². The van der Waals surface area contributed by atoms with E-state index in [-0.39, 0.29) is 12.2 Å². The molecule has 0 radical (unpaired) electrons. The van der Waals surface area contributed by atoms with E-state index >= 15 is 0 Å². The average molecular weight is 225 g/mol. The van der Waals surface area contributed by atoms with Crippen molar-refractivity contribution < 1.29 is 14.3 Å². The molecule has 0 unspecified atom stereocenters. The Labute approximate surface area is 94.3 Å². The number of benzene rings is 1. The van der Waals surface area contributed by atoms with Crippen LogP contribution in [0, 0.1) is 5.82 Å². The maximum atomic E-state index is 12.6. The lowest BCUT2D eigenvalue weighted by Gasteiger charge is -2.05. The second-order valence-corrected chi connectivity index (χ2v) is 3.64. The van der Waals surface area contributed by atoms with Crippen LogP contribution in [0.15, 0.2) is 24.3 Å². The summed E-state index contributed by atoms with van der Waals surface area (Å²) in [7, 11) is 0. The predicted molar refractivity (Wildman–Crippen MR) is 61.0 cm³/mol. The van der Waals surface area contributed by atoms with Gasteiger partial charge in [-0.3, -0.25) is 4.79 Å². The molecule has 0 spiro atoms. The monoisotopic (exact) mass is 225 g/mol. The molecule has 0 amide bonds. The number of carboxylic acids is 1. The third-order valence-electron chi connectivity index (χ3n) is 2.24. The van der Waals surface area contributed by atoms with Crippen LogP contribution in [-0.4, -0.2) is 17.6 Å². The fraction of sp³-hybridized carbons (Fsp3) is 0.417. The predicted octanol–water partition coefficient (Wildman–Crippen LogP) is 2.88. The van der Waals surface area contributed by atoms with Crippen molar-refractivity contribution in [3.8, 4) is 0 Å². The Kier molecular flexibility index (Phi) is 5.32. The number of hydrogen-bond donors (Lipinski definition) is 2. The van der Waals surface area contributed by atoms with E-state index in [1.165, 1.54) is 12.1 Å². The maximum Gasteiger partial charge on any atom is 0.303 e. The molecule has 1 rings (SSSR count). The van der Waals surface area contributed by atoms with Crippen molar-refractivity contribution in [3.05, 3.63) is 30.1 Å². The van der Waals surface area contributed by atoms with Crippen LogP contribution in [0.5, 0.6) is 0 Å². The molecule has 0 aliphatic heterocycles. The van der Waals surface area contributed by atoms with Crippen LogP contribution in [0.1, 0.15) is 25.7 Å². The molecule has 1 aromatic rings. The number of rotatable bonds is 7. The van der Waals surface area contributed by atoms with Crippen molar-refractivity contribution in [2.24, 2.45) is 0 Å². The van der Waals surface area contributed by atoms with E-state index in [2.05, 4.69) is 5.32 Å². The van der Waals surface area contributed by atoms with Crippen molar-refractivity contribution in [2.45, 2.75) is 25.7 Å². The lowest BCUT2D eigenvalue weighted by atomic mass is 10.2. The lowest BCUT2D eigenvalue weighted by Crippen LogP contribution is -2.02. The number of unbranched alkanes of at least 4 members (excludes halogenated alkanes) is 2. The summed E-state index contributed by atoms with van der Waals surface area (Å²) in [6.45, 7) is 0.783. The molecule has 0 aromatic heterocycles. The first-order valence-electron chi connectivity index (χ1n) is 5.40. The molecule has 0 aliphatic rings. The van der Waals surface area contributed by atoms with Crippen LogP contribution in [0.25, 0.3) is 0 Å². The molecular weight excluding hydrogens is 209 g/mol. The van der Waals surface area contributed by atoms with E-state index in [0.717, 1.165) is 25.1 Å². The SMILES string of the molecule is O=C(O)CCCCCNc1ccc(F)cc1. The number of aliphatic carboxylic acids is 1. The Morgan fingerprint density at radius 2 is 1.88 bits per heavy atom. The van der Waals surface area contributed by atoms with E-state index in [1.807, 2.05) is 0 Å². The Bertz CT molecular complexity index is 324. The highest BCUT2D eigenvalue weighted by Crippen LogP contribution is 2.08. The molecule has 0 aliphatic carbocycles. The first-order valence-corrected chi connectivity index (χ1v) is 5.40. The molecule has 2 N–H and O–H groups in total. The number of carbonyl (C=O) groups is 1. The van der Waals surface area contributed by atoms with Crippen molar-refractivity contribution in [2.75, 3.05) is 11.9 Å². The van der Waals surface area contributed by atoms with Crippen LogP contribution in [0.4, 0.5) is 10.1 Å². The highest BCUT2D eigenvalue weighted by Gasteiger charge is 1.96. The van der Waals surface area contributed by atoms with E-state index in [0.29, 0.717) is 6.42 Å². The Balaban J connectivity index is 2.07. The van der Waals surface area contributed by atoms with Crippen LogP contribution < -0.4 is 5.32 Å². The Morgan fingerprint density at radius 1 is 1.19 bits per heavy atom. The lowest BCUT2D eigenvalue weighted by molar-refractivity contribution is -0.137. The van der Waals surface area contributed by atoms with E-state index < -0.39 is 5.97 Å². The molecule has 4 heteroatoms. The fourth-order valence-corrected chi connectivity index (χ4v) is 1.38. The summed E-state index contributed by atoms with van der Waals surface area (Å²) in [4.78, 5) is 10.2. The van der Waals surface area contributed by atoms with Gasteiger partial charge in [0.25, 0.3) is 0 Å². The number of nitrogens with one attached hydrogen (secondary N) is 1. The van der Waals surface area contributed by atoms with Crippen molar-refractivity contribution >= 4 is 11.7 Å². The minimum atomic E-state index is -0.744. The van der Waals surface area contributed by atoms with Gasteiger partial charge in [-0.1, -0.05) is 6.42 Å². The first-order chi connectivity index (χ1) is 7.68. The summed E-state index contributed by atoms with van der Waals surface area (Å²) in [6, 6.07) is 6.19. The van der Waals surface area contributed by atoms with Gasteiger partial charge in [-0.25, -0.2) is 4.39 Å². The van der Waals surface area contributed by atoms with Gasteiger partial charge >= 0.3 is 5.97 Å². The Morgan fingerprint density at radius 3 is 2.50 bits per heavy atom. The minimum absolute atomic E-state index is 0.233. The van der Waals surface area contributed by atoms with Gasteiger partial charge in [0, 0.05) is 18.7 Å². The first kappa shape index (κ1) is 12.5. The molecule has 16 heavy (non-hydrogen) atoms. The van der Waals surface area contributed by atoms with E-state index in [1.54, 1.807) is 12.1 Å². The summed E-state index contributed by atoms with van der Waals surface area (Å²) >= 11 is 0. The van der Waals surface area contributed by atoms with Crippen molar-refractivity contribution in [3.63, 3.8) is 0 Å². The highest BCUT2D eigenvalue weighted by atomic mass is 19.1. The van der Waals surface area contributed by atoms with Gasteiger partial charge in [0.2, 0.25) is 0 Å². The quantitative estimate of drug-likeness (QED) is 0.701. The summed E-state index contributed by atoms with van der Waals surface area (Å²) in [5.74, 6) is -0.987. The summed E-state index contributed by atoms with van der Waals surface area (Å²) in [5.41, 5.74) is 0.889. The molecule has 3 nitrogen and oxygen atoms in total. The molecule has 0 fully saturated rings. The summed E-state index contributed by atoms with van der Waals surface area (Å²) < 4.78 is 12.6. The molecule has 0 saturated carbocycles. The smallest absolute Gasteiger partial charge is 0.303 e. The topological polar surface area (TPSA) is 49.3 Å². The summed E-state index contributed by atoms with van der Waals surface area (Å²) in [5, 5.41) is 11.6. The zero-order valence-electron chi connectivity index (χ0n) is 9.08. The van der Waals surface area contributed by atoms with Crippen molar-refractivity contribution in [1.82, 2.24) is 0 Å². The van der Waals surface area contributed by atoms with E-state index in [4.69, 9.17) is 5.11 Å². The number of halogens is 1. The molecule has 0 heterocycles. The zero-order chi connectivity index (χ0) is 11.8. The van der Waals surface area contributed by atoms with Crippen LogP contribution in [0.2, 0.25) is 0 Å². The van der Waals surface area contributed by atoms with Gasteiger partial charge in [-0.2, -0.15) is 0 Å². The third kappa shape index (κ3) is 5.34. The van der Waals surface area contributed by atoms with Crippen LogP contribution in [-0.2, 0) is 4.79 Å². The second kappa shape index (κ2) is 6.82. The van der Waals surface area contributed by atoms with Gasteiger partial charge in [-0.05, 0) is 37.1 Å². The number of carboxylic acid groups (broad SMARTS) is 1. The number of hydrogen-bond acceptors (Lipinski definition) is 2. The van der Waals surface area contributed by atoms with Gasteiger partial charge in [0.05, 0.1) is 0 Å². The van der Waals surface area contributed by atoms with E-state index in [9.17, 15) is 9.18 Å². The second-order valence-electron chi connectivity index (χ2n) is 3.64. The molecular formula is C12H16FNO2. The molecule has 0 saturated heterocycles. The van der Waals surface area contributed by atoms with Gasteiger partial charge in [0.1, 0.15) is 5.82 Å². The molecule has 0 atom stereocenters. The zero-order valence-corrected chi connectivity index (χ0v) is 9.08. The molecule has 0 bridgehead atoms. The minimum Gasteiger partial charge on any atom is -0.481 e. The highest BCUT2D eigenvalue weighted by molar-refractivity contribution is 5.66. The third-order valence-corrected chi connectivity index (χ3v) is 2.24. The average Bonchev–Trinajstić information content (AvgIpc) is 2.25. The summed E-state index contributed by atoms with van der Waals surface area (Å²) in [6.07, 6.45) is 2.75. The van der Waals surface area contributed by atoms with Gasteiger partial charge < -0.3 is 10.4 Å². The van der Waals surface area contributed by atoms with Crippen molar-refractivity contribution in [1.29, 1.82) is 0 Å². The fourth-order valence-electron chi connectivity index (χ4n) is 1.38. The largest absolute Gasteiger partial charge is 0.481 e. The molecule has 88 valence electrons. The van der Waals surface area contributed by atoms with Crippen LogP contribution >= 0.6 is 0 Å². The maximum absolute atomic E-state index is 12.6. The standard InChI is InChI=1S/C12H16FNO2/c13-10-5-7-11(8-6-10)14-9-3-1-2-4-12(15)16/h5-8,14H,1-4,9H2,(H,15,16). The normalized spacial score (nSPS) is 10.1. The van der Waals surface area contributed by atoms with Crippen LogP contribution in [0.3, 0.4) is 0 Å². The number of anilines is 1. The van der Waals surface area contributed by atoms with Gasteiger partial charge in [0.15, 0.2) is 0 Å². The molecule has 1 aromatic carbocycles. The Hall–Kier alpha value is -1.58.